The van der Waals surface area contributed by atoms with E-state index >= 15 is 0 Å². The molecule has 29 heavy (non-hydrogen) atoms. The Morgan fingerprint density at radius 1 is 1.10 bits per heavy atom. The van der Waals surface area contributed by atoms with Crippen molar-refractivity contribution in [3.63, 3.8) is 0 Å². The highest BCUT2D eigenvalue weighted by Gasteiger charge is 2.20. The van der Waals surface area contributed by atoms with Crippen molar-refractivity contribution in [2.75, 3.05) is 4.72 Å². The number of benzene rings is 2. The minimum Gasteiger partial charge on any atom is -0.470 e. The van der Waals surface area contributed by atoms with Crippen LogP contribution in [0.15, 0.2) is 70.3 Å². The summed E-state index contributed by atoms with van der Waals surface area (Å²) in [5, 5.41) is 0. The first-order valence-electron chi connectivity index (χ1n) is 8.10. The lowest BCUT2D eigenvalue weighted by Gasteiger charge is -2.13. The fourth-order valence-corrected chi connectivity index (χ4v) is 3.56. The first kappa shape index (κ1) is 20.9. The van der Waals surface area contributed by atoms with Crippen molar-refractivity contribution < 1.29 is 26.7 Å². The number of alkyl halides is 2. The van der Waals surface area contributed by atoms with E-state index in [4.69, 9.17) is 4.74 Å². The largest absolute Gasteiger partial charge is 0.470 e. The van der Waals surface area contributed by atoms with Crippen LogP contribution in [0.5, 0.6) is 11.6 Å². The van der Waals surface area contributed by atoms with Crippen LogP contribution in [-0.4, -0.2) is 25.0 Å². The normalized spacial score (nSPS) is 11.3. The Morgan fingerprint density at radius 3 is 2.59 bits per heavy atom. The Hall–Kier alpha value is -2.79. The molecule has 0 saturated carbocycles. The lowest BCUT2D eigenvalue weighted by Crippen LogP contribution is -2.16. The molecule has 0 unspecified atom stereocenters. The molecule has 0 saturated heterocycles. The van der Waals surface area contributed by atoms with Gasteiger partial charge in [-0.1, -0.05) is 36.4 Å². The number of hydrogen-bond donors (Lipinski definition) is 1. The number of hydrogen-bond acceptors (Lipinski definition) is 6. The molecule has 7 nitrogen and oxygen atoms in total. The van der Waals surface area contributed by atoms with Crippen molar-refractivity contribution in [3.8, 4) is 11.6 Å². The summed E-state index contributed by atoms with van der Waals surface area (Å²) in [4.78, 5) is 7.82. The van der Waals surface area contributed by atoms with Gasteiger partial charge in [-0.2, -0.15) is 8.78 Å². The molecule has 1 aromatic heterocycles. The van der Waals surface area contributed by atoms with E-state index in [1.54, 1.807) is 0 Å². The SMILES string of the molecule is O=S(=O)(Nc1ncc(Br)nc1OCc1ccccc1)c1cccc(OC(F)F)c1. The Labute approximate surface area is 173 Å². The number of ether oxygens (including phenoxy) is 2. The minimum absolute atomic E-state index is 0.0493. The number of nitrogens with one attached hydrogen (secondary N) is 1. The molecule has 0 radical (unpaired) electrons. The second-order valence-corrected chi connectivity index (χ2v) is 8.07. The summed E-state index contributed by atoms with van der Waals surface area (Å²) in [6, 6.07) is 13.9. The third-order valence-electron chi connectivity index (χ3n) is 3.50. The minimum atomic E-state index is -4.16. The fraction of sp³-hybridized carbons (Fsp3) is 0.111. The molecule has 1 heterocycles. The molecule has 3 aromatic rings. The van der Waals surface area contributed by atoms with Crippen LogP contribution in [0, 0.1) is 0 Å². The van der Waals surface area contributed by atoms with Gasteiger partial charge in [0.05, 0.1) is 11.1 Å². The predicted molar refractivity (Wildman–Crippen MR) is 104 cm³/mol. The summed E-state index contributed by atoms with van der Waals surface area (Å²) < 4.78 is 62.5. The van der Waals surface area contributed by atoms with Gasteiger partial charge in [-0.3, -0.25) is 4.72 Å². The van der Waals surface area contributed by atoms with Crippen molar-refractivity contribution in [2.24, 2.45) is 0 Å². The van der Waals surface area contributed by atoms with E-state index in [-0.39, 0.29) is 28.9 Å². The van der Waals surface area contributed by atoms with Crippen molar-refractivity contribution in [2.45, 2.75) is 18.1 Å². The highest BCUT2D eigenvalue weighted by atomic mass is 79.9. The van der Waals surface area contributed by atoms with Gasteiger partial charge in [0.25, 0.3) is 15.9 Å². The topological polar surface area (TPSA) is 90.4 Å². The lowest BCUT2D eigenvalue weighted by molar-refractivity contribution is -0.0499. The fourth-order valence-electron chi connectivity index (χ4n) is 2.25. The van der Waals surface area contributed by atoms with Crippen LogP contribution in [-0.2, 0) is 16.6 Å². The Kier molecular flexibility index (Phi) is 6.60. The quantitative estimate of drug-likeness (QED) is 0.513. The van der Waals surface area contributed by atoms with Gasteiger partial charge in [-0.05, 0) is 33.6 Å². The van der Waals surface area contributed by atoms with Gasteiger partial charge in [-0.15, -0.1) is 0 Å². The predicted octanol–water partition coefficient (Wildman–Crippen LogP) is 4.22. The standard InChI is InChI=1S/C18H14BrF2N3O4S/c19-15-10-22-16(17(23-15)27-11-12-5-2-1-3-6-12)24-29(25,26)14-8-4-7-13(9-14)28-18(20)21/h1-10,18H,11H2,(H,22,24). The molecule has 0 fully saturated rings. The van der Waals surface area contributed by atoms with Crippen LogP contribution in [0.1, 0.15) is 5.56 Å². The molecular weight excluding hydrogens is 472 g/mol. The van der Waals surface area contributed by atoms with Crippen LogP contribution in [0.4, 0.5) is 14.6 Å². The van der Waals surface area contributed by atoms with E-state index < -0.39 is 16.6 Å². The third kappa shape index (κ3) is 5.84. The van der Waals surface area contributed by atoms with E-state index in [0.717, 1.165) is 11.6 Å². The average Bonchev–Trinajstić information content (AvgIpc) is 2.68. The first-order chi connectivity index (χ1) is 13.8. The average molecular weight is 486 g/mol. The molecule has 0 bridgehead atoms. The maximum absolute atomic E-state index is 12.7. The van der Waals surface area contributed by atoms with Crippen LogP contribution in [0.2, 0.25) is 0 Å². The number of rotatable bonds is 8. The zero-order valence-corrected chi connectivity index (χ0v) is 17.0. The van der Waals surface area contributed by atoms with Crippen LogP contribution < -0.4 is 14.2 Å². The molecule has 3 rings (SSSR count). The summed E-state index contributed by atoms with van der Waals surface area (Å²) in [6.07, 6.45) is 1.30. The van der Waals surface area contributed by atoms with Crippen molar-refractivity contribution in [1.82, 2.24) is 9.97 Å². The third-order valence-corrected chi connectivity index (χ3v) is 5.22. The van der Waals surface area contributed by atoms with Gasteiger partial charge in [0.1, 0.15) is 17.0 Å². The number of sulfonamides is 1. The van der Waals surface area contributed by atoms with Gasteiger partial charge in [-0.25, -0.2) is 18.4 Å². The second kappa shape index (κ2) is 9.14. The monoisotopic (exact) mass is 485 g/mol. The van der Waals surface area contributed by atoms with Gasteiger partial charge >= 0.3 is 6.61 Å². The molecule has 0 spiro atoms. The zero-order valence-electron chi connectivity index (χ0n) is 14.6. The number of aromatic nitrogens is 2. The van der Waals surface area contributed by atoms with Gasteiger partial charge in [0.2, 0.25) is 5.82 Å². The summed E-state index contributed by atoms with van der Waals surface area (Å²) >= 11 is 3.16. The number of nitrogens with zero attached hydrogens (tertiary/aromatic N) is 2. The molecule has 0 amide bonds. The zero-order chi connectivity index (χ0) is 20.9. The smallest absolute Gasteiger partial charge is 0.387 e. The first-order valence-corrected chi connectivity index (χ1v) is 10.4. The number of halogens is 3. The molecule has 0 atom stereocenters. The van der Waals surface area contributed by atoms with E-state index in [9.17, 15) is 17.2 Å². The molecule has 152 valence electrons. The van der Waals surface area contributed by atoms with E-state index in [2.05, 4.69) is 35.4 Å². The molecule has 0 aliphatic heterocycles. The lowest BCUT2D eigenvalue weighted by atomic mass is 10.2. The van der Waals surface area contributed by atoms with Crippen LogP contribution in [0.3, 0.4) is 0 Å². The van der Waals surface area contributed by atoms with Crippen molar-refractivity contribution in [3.05, 3.63) is 71.0 Å². The highest BCUT2D eigenvalue weighted by molar-refractivity contribution is 9.10. The van der Waals surface area contributed by atoms with Gasteiger partial charge in [0, 0.05) is 6.07 Å². The van der Waals surface area contributed by atoms with Crippen molar-refractivity contribution in [1.29, 1.82) is 0 Å². The Bertz CT molecular complexity index is 1090. The Morgan fingerprint density at radius 2 is 1.86 bits per heavy atom. The van der Waals surface area contributed by atoms with Crippen molar-refractivity contribution >= 4 is 31.8 Å². The summed E-state index contributed by atoms with van der Waals surface area (Å²) in [5.41, 5.74) is 0.847. The number of anilines is 1. The Balaban J connectivity index is 1.83. The van der Waals surface area contributed by atoms with Gasteiger partial charge < -0.3 is 9.47 Å². The summed E-state index contributed by atoms with van der Waals surface area (Å²) in [5.74, 6) is -0.485. The van der Waals surface area contributed by atoms with E-state index in [0.29, 0.717) is 4.60 Å². The molecular formula is C18H14BrF2N3O4S. The van der Waals surface area contributed by atoms with Gasteiger partial charge in [0.15, 0.2) is 0 Å². The van der Waals surface area contributed by atoms with Crippen LogP contribution in [0.25, 0.3) is 0 Å². The maximum Gasteiger partial charge on any atom is 0.387 e. The molecule has 2 aromatic carbocycles. The van der Waals surface area contributed by atoms with E-state index in [1.165, 1.54) is 24.4 Å². The molecule has 1 N–H and O–H groups in total. The summed E-state index contributed by atoms with van der Waals surface area (Å²) in [7, 11) is -4.16. The van der Waals surface area contributed by atoms with E-state index in [1.807, 2.05) is 30.3 Å². The molecule has 0 aliphatic rings. The van der Waals surface area contributed by atoms with Crippen LogP contribution >= 0.6 is 15.9 Å². The highest BCUT2D eigenvalue weighted by Crippen LogP contribution is 2.26. The second-order valence-electron chi connectivity index (χ2n) is 5.58. The maximum atomic E-state index is 12.7. The molecule has 0 aliphatic carbocycles. The molecule has 11 heteroatoms. The summed E-state index contributed by atoms with van der Waals surface area (Å²) in [6.45, 7) is -2.94.